The fourth-order valence-corrected chi connectivity index (χ4v) is 2.94. The van der Waals surface area contributed by atoms with E-state index in [2.05, 4.69) is 10.3 Å². The maximum atomic E-state index is 12.4. The molecule has 4 rings (SSSR count). The number of carbonyl (C=O) groups is 2. The van der Waals surface area contributed by atoms with Crippen molar-refractivity contribution in [3.8, 4) is 5.75 Å². The van der Waals surface area contributed by atoms with Gasteiger partial charge in [0.25, 0.3) is 5.91 Å². The van der Waals surface area contributed by atoms with Gasteiger partial charge in [-0.1, -0.05) is 18.2 Å². The number of aromatic nitrogens is 2. The molecule has 6 nitrogen and oxygen atoms in total. The Morgan fingerprint density at radius 3 is 2.59 bits per heavy atom. The van der Waals surface area contributed by atoms with Gasteiger partial charge in [0, 0.05) is 29.2 Å². The topological polar surface area (TPSA) is 72.7 Å². The first-order valence-electron chi connectivity index (χ1n) is 9.16. The van der Waals surface area contributed by atoms with Crippen LogP contribution in [0.25, 0.3) is 5.65 Å². The van der Waals surface area contributed by atoms with Crippen molar-refractivity contribution in [2.75, 3.05) is 5.32 Å². The third-order valence-electron chi connectivity index (χ3n) is 4.44. The van der Waals surface area contributed by atoms with Crippen LogP contribution in [0.4, 0.5) is 5.69 Å². The number of nitrogens with one attached hydrogen (secondary N) is 1. The fraction of sp³-hybridized carbons (Fsp3) is 0.0870. The summed E-state index contributed by atoms with van der Waals surface area (Å²) in [6.07, 6.45) is 3.86. The highest BCUT2D eigenvalue weighted by atomic mass is 16.5. The number of benzene rings is 2. The van der Waals surface area contributed by atoms with Crippen LogP contribution in [0.5, 0.6) is 5.75 Å². The Labute approximate surface area is 167 Å². The van der Waals surface area contributed by atoms with Gasteiger partial charge in [-0.3, -0.25) is 9.59 Å². The molecule has 0 saturated carbocycles. The molecule has 0 bridgehead atoms. The Morgan fingerprint density at radius 1 is 1.00 bits per heavy atom. The van der Waals surface area contributed by atoms with Gasteiger partial charge < -0.3 is 14.5 Å². The van der Waals surface area contributed by atoms with Crippen molar-refractivity contribution in [2.45, 2.75) is 13.5 Å². The molecule has 1 amide bonds. The molecule has 0 spiro atoms. The number of pyridine rings is 1. The Balaban J connectivity index is 1.38. The van der Waals surface area contributed by atoms with E-state index in [1.165, 1.54) is 6.92 Å². The molecule has 0 atom stereocenters. The average molecular weight is 385 g/mol. The third kappa shape index (κ3) is 4.32. The van der Waals surface area contributed by atoms with Crippen LogP contribution in [0.1, 0.15) is 33.3 Å². The second-order valence-corrected chi connectivity index (χ2v) is 6.60. The highest BCUT2D eigenvalue weighted by molar-refractivity contribution is 6.05. The van der Waals surface area contributed by atoms with E-state index < -0.39 is 0 Å². The molecule has 0 aliphatic carbocycles. The van der Waals surface area contributed by atoms with Crippen LogP contribution in [0, 0.1) is 0 Å². The molecule has 29 heavy (non-hydrogen) atoms. The summed E-state index contributed by atoms with van der Waals surface area (Å²) >= 11 is 0. The van der Waals surface area contributed by atoms with Crippen LogP contribution in [0.2, 0.25) is 0 Å². The number of ether oxygens (including phenoxy) is 1. The first kappa shape index (κ1) is 18.4. The number of fused-ring (bicyclic) bond motifs is 1. The van der Waals surface area contributed by atoms with Crippen molar-refractivity contribution >= 4 is 23.0 Å². The number of carbonyl (C=O) groups excluding carboxylic acids is 2. The summed E-state index contributed by atoms with van der Waals surface area (Å²) in [5.41, 5.74) is 3.32. The number of nitrogens with zero attached hydrogens (tertiary/aromatic N) is 2. The summed E-state index contributed by atoms with van der Waals surface area (Å²) in [6, 6.07) is 19.6. The van der Waals surface area contributed by atoms with Gasteiger partial charge >= 0.3 is 0 Å². The molecule has 0 saturated heterocycles. The minimum absolute atomic E-state index is 0.0480. The lowest BCUT2D eigenvalue weighted by Gasteiger charge is -2.08. The van der Waals surface area contributed by atoms with E-state index in [9.17, 15) is 9.59 Å². The number of anilines is 1. The van der Waals surface area contributed by atoms with Crippen molar-refractivity contribution in [2.24, 2.45) is 0 Å². The molecule has 0 unspecified atom stereocenters. The van der Waals surface area contributed by atoms with Crippen molar-refractivity contribution in [3.63, 3.8) is 0 Å². The van der Waals surface area contributed by atoms with Gasteiger partial charge in [-0.2, -0.15) is 0 Å². The summed E-state index contributed by atoms with van der Waals surface area (Å²) in [4.78, 5) is 28.4. The Kier molecular flexibility index (Phi) is 5.07. The Bertz CT molecular complexity index is 1150. The number of amides is 1. The first-order chi connectivity index (χ1) is 14.1. The molecule has 0 aliphatic heterocycles. The zero-order valence-corrected chi connectivity index (χ0v) is 15.8. The van der Waals surface area contributed by atoms with E-state index in [4.69, 9.17) is 4.74 Å². The van der Waals surface area contributed by atoms with Crippen molar-refractivity contribution < 1.29 is 14.3 Å². The Morgan fingerprint density at radius 2 is 1.83 bits per heavy atom. The summed E-state index contributed by atoms with van der Waals surface area (Å²) < 4.78 is 7.71. The minimum Gasteiger partial charge on any atom is -0.487 e. The van der Waals surface area contributed by atoms with Gasteiger partial charge in [0.1, 0.15) is 18.0 Å². The van der Waals surface area contributed by atoms with Crippen LogP contribution in [0.3, 0.4) is 0 Å². The molecule has 6 heteroatoms. The number of rotatable bonds is 6. The standard InChI is InChI=1S/C23H19N3O3/c1-16(27)18-5-4-6-19(13-18)25-23(28)17-8-10-21(11-9-17)29-15-20-14-26-12-3-2-7-22(26)24-20/h2-14H,15H2,1H3,(H,25,28). The van der Waals surface area contributed by atoms with E-state index in [0.717, 1.165) is 11.3 Å². The maximum Gasteiger partial charge on any atom is 0.255 e. The first-order valence-corrected chi connectivity index (χ1v) is 9.16. The lowest BCUT2D eigenvalue weighted by molar-refractivity contribution is 0.101. The van der Waals surface area contributed by atoms with Gasteiger partial charge in [0.2, 0.25) is 0 Å². The molecule has 0 aliphatic rings. The van der Waals surface area contributed by atoms with Gasteiger partial charge in [0.15, 0.2) is 5.78 Å². The largest absolute Gasteiger partial charge is 0.487 e. The zero-order valence-electron chi connectivity index (χ0n) is 15.8. The average Bonchev–Trinajstić information content (AvgIpc) is 3.16. The molecule has 0 radical (unpaired) electrons. The normalized spacial score (nSPS) is 10.7. The summed E-state index contributed by atoms with van der Waals surface area (Å²) in [5, 5.41) is 2.80. The van der Waals surface area contributed by atoms with Crippen molar-refractivity contribution in [1.29, 1.82) is 0 Å². The molecular weight excluding hydrogens is 366 g/mol. The van der Waals surface area contributed by atoms with E-state index >= 15 is 0 Å². The smallest absolute Gasteiger partial charge is 0.255 e. The molecule has 2 heterocycles. The second-order valence-electron chi connectivity index (χ2n) is 6.60. The predicted octanol–water partition coefficient (Wildman–Crippen LogP) is 4.37. The highest BCUT2D eigenvalue weighted by Crippen LogP contribution is 2.17. The summed E-state index contributed by atoms with van der Waals surface area (Å²) in [5.74, 6) is 0.350. The minimum atomic E-state index is -0.252. The Hall–Kier alpha value is -3.93. The second kappa shape index (κ2) is 7.98. The predicted molar refractivity (Wildman–Crippen MR) is 110 cm³/mol. The summed E-state index contributed by atoms with van der Waals surface area (Å²) in [6.45, 7) is 1.83. The van der Waals surface area contributed by atoms with Gasteiger partial charge in [-0.15, -0.1) is 0 Å². The zero-order chi connectivity index (χ0) is 20.2. The number of hydrogen-bond donors (Lipinski definition) is 1. The summed E-state index contributed by atoms with van der Waals surface area (Å²) in [7, 11) is 0. The lowest BCUT2D eigenvalue weighted by Crippen LogP contribution is -2.12. The number of imidazole rings is 1. The van der Waals surface area contributed by atoms with Crippen molar-refractivity contribution in [1.82, 2.24) is 9.38 Å². The van der Waals surface area contributed by atoms with Gasteiger partial charge in [0.05, 0.1) is 5.69 Å². The van der Waals surface area contributed by atoms with Crippen LogP contribution < -0.4 is 10.1 Å². The molecule has 0 fully saturated rings. The SMILES string of the molecule is CC(=O)c1cccc(NC(=O)c2ccc(OCc3cn4ccccc4n3)cc2)c1. The van der Waals surface area contributed by atoms with Crippen LogP contribution >= 0.6 is 0 Å². The lowest BCUT2D eigenvalue weighted by atomic mass is 10.1. The molecule has 2 aromatic heterocycles. The highest BCUT2D eigenvalue weighted by Gasteiger charge is 2.08. The quantitative estimate of drug-likeness (QED) is 0.500. The van der Waals surface area contributed by atoms with E-state index in [1.807, 2.05) is 35.0 Å². The molecule has 144 valence electrons. The van der Waals surface area contributed by atoms with Crippen molar-refractivity contribution in [3.05, 3.63) is 95.9 Å². The maximum absolute atomic E-state index is 12.4. The molecule has 1 N–H and O–H groups in total. The van der Waals surface area contributed by atoms with Crippen LogP contribution in [-0.4, -0.2) is 21.1 Å². The molecular formula is C23H19N3O3. The number of Topliss-reactive ketones (excluding diaryl/α,β-unsaturated/α-hetero) is 1. The third-order valence-corrected chi connectivity index (χ3v) is 4.44. The van der Waals surface area contributed by atoms with E-state index in [0.29, 0.717) is 29.2 Å². The number of ketones is 1. The van der Waals surface area contributed by atoms with Gasteiger partial charge in [-0.25, -0.2) is 4.98 Å². The molecule has 2 aromatic carbocycles. The van der Waals surface area contributed by atoms with Crippen LogP contribution in [-0.2, 0) is 6.61 Å². The fourth-order valence-electron chi connectivity index (χ4n) is 2.94. The van der Waals surface area contributed by atoms with E-state index in [-0.39, 0.29) is 11.7 Å². The van der Waals surface area contributed by atoms with E-state index in [1.54, 1.807) is 48.5 Å². The monoisotopic (exact) mass is 385 g/mol. The number of hydrogen-bond acceptors (Lipinski definition) is 4. The van der Waals surface area contributed by atoms with Crippen LogP contribution in [0.15, 0.2) is 79.1 Å². The van der Waals surface area contributed by atoms with Gasteiger partial charge in [-0.05, 0) is 55.5 Å². The molecule has 4 aromatic rings.